The number of hydrogen-bond donors (Lipinski definition) is 1. The number of fused-ring (bicyclic) bond motifs is 1. The molecule has 0 aliphatic carbocycles. The van der Waals surface area contributed by atoms with Crippen molar-refractivity contribution in [1.82, 2.24) is 34.8 Å². The van der Waals surface area contributed by atoms with Crippen molar-refractivity contribution < 1.29 is 4.79 Å². The molecule has 8 heteroatoms. The SMILES string of the molecule is Cc1nc(C(=O)N2CCn3cnnc3C2)n[nH]1. The zero-order valence-corrected chi connectivity index (χ0v) is 9.29. The lowest BCUT2D eigenvalue weighted by molar-refractivity contribution is 0.0695. The van der Waals surface area contributed by atoms with Crippen LogP contribution in [0, 0.1) is 6.92 Å². The lowest BCUT2D eigenvalue weighted by Crippen LogP contribution is -2.38. The number of aromatic nitrogens is 6. The first kappa shape index (κ1) is 9.94. The van der Waals surface area contributed by atoms with Crippen LogP contribution >= 0.6 is 0 Å². The molecule has 0 saturated heterocycles. The third-order valence-corrected chi connectivity index (χ3v) is 2.71. The fourth-order valence-corrected chi connectivity index (χ4v) is 1.82. The van der Waals surface area contributed by atoms with Crippen molar-refractivity contribution in [2.75, 3.05) is 6.54 Å². The summed E-state index contributed by atoms with van der Waals surface area (Å²) in [7, 11) is 0. The summed E-state index contributed by atoms with van der Waals surface area (Å²) in [6.07, 6.45) is 1.67. The third-order valence-electron chi connectivity index (χ3n) is 2.71. The second kappa shape index (κ2) is 3.65. The van der Waals surface area contributed by atoms with E-state index in [1.807, 2.05) is 4.57 Å². The van der Waals surface area contributed by atoms with E-state index in [4.69, 9.17) is 0 Å². The second-order valence-corrected chi connectivity index (χ2v) is 3.91. The molecule has 1 aliphatic heterocycles. The van der Waals surface area contributed by atoms with Gasteiger partial charge < -0.3 is 9.47 Å². The summed E-state index contributed by atoms with van der Waals surface area (Å²) >= 11 is 0. The summed E-state index contributed by atoms with van der Waals surface area (Å²) in [5.74, 6) is 1.45. The van der Waals surface area contributed by atoms with Gasteiger partial charge >= 0.3 is 0 Å². The summed E-state index contributed by atoms with van der Waals surface area (Å²) in [5, 5.41) is 14.3. The number of aromatic amines is 1. The van der Waals surface area contributed by atoms with E-state index in [1.165, 1.54) is 0 Å². The van der Waals surface area contributed by atoms with E-state index in [0.29, 0.717) is 25.5 Å². The summed E-state index contributed by atoms with van der Waals surface area (Å²) in [5.41, 5.74) is 0. The number of aryl methyl sites for hydroxylation is 1. The molecule has 0 atom stereocenters. The van der Waals surface area contributed by atoms with Gasteiger partial charge in [0.2, 0.25) is 5.82 Å². The van der Waals surface area contributed by atoms with Crippen LogP contribution in [0.2, 0.25) is 0 Å². The molecular weight excluding hydrogens is 222 g/mol. The van der Waals surface area contributed by atoms with E-state index >= 15 is 0 Å². The quantitative estimate of drug-likeness (QED) is 0.707. The van der Waals surface area contributed by atoms with Crippen LogP contribution in [0.5, 0.6) is 0 Å². The number of carbonyl (C=O) groups excluding carboxylic acids is 1. The fourth-order valence-electron chi connectivity index (χ4n) is 1.82. The summed E-state index contributed by atoms with van der Waals surface area (Å²) in [6, 6.07) is 0. The van der Waals surface area contributed by atoms with Crippen LogP contribution in [0.4, 0.5) is 0 Å². The molecule has 1 amide bonds. The van der Waals surface area contributed by atoms with E-state index < -0.39 is 0 Å². The Morgan fingerprint density at radius 1 is 1.47 bits per heavy atom. The van der Waals surface area contributed by atoms with Crippen LogP contribution in [-0.4, -0.2) is 47.3 Å². The average molecular weight is 233 g/mol. The Balaban J connectivity index is 1.81. The van der Waals surface area contributed by atoms with Gasteiger partial charge in [0.15, 0.2) is 5.82 Å². The zero-order valence-electron chi connectivity index (χ0n) is 9.29. The van der Waals surface area contributed by atoms with Crippen molar-refractivity contribution in [3.05, 3.63) is 23.8 Å². The van der Waals surface area contributed by atoms with E-state index in [9.17, 15) is 4.79 Å². The number of H-pyrrole nitrogens is 1. The Bertz CT molecular complexity index is 557. The van der Waals surface area contributed by atoms with Gasteiger partial charge in [-0.25, -0.2) is 4.98 Å². The lowest BCUT2D eigenvalue weighted by Gasteiger charge is -2.25. The summed E-state index contributed by atoms with van der Waals surface area (Å²) < 4.78 is 1.94. The zero-order chi connectivity index (χ0) is 11.8. The molecule has 0 unspecified atom stereocenters. The number of amides is 1. The van der Waals surface area contributed by atoms with Crippen molar-refractivity contribution in [1.29, 1.82) is 0 Å². The Morgan fingerprint density at radius 3 is 3.12 bits per heavy atom. The predicted molar refractivity (Wildman–Crippen MR) is 55.9 cm³/mol. The van der Waals surface area contributed by atoms with Gasteiger partial charge in [-0.2, -0.15) is 0 Å². The molecule has 2 aromatic rings. The van der Waals surface area contributed by atoms with Crippen LogP contribution in [0.15, 0.2) is 6.33 Å². The standard InChI is InChI=1S/C9H11N7O/c1-6-11-8(14-12-6)9(17)15-2-3-16-5-10-13-7(16)4-15/h5H,2-4H2,1H3,(H,11,12,14). The van der Waals surface area contributed by atoms with Gasteiger partial charge in [-0.1, -0.05) is 0 Å². The smallest absolute Gasteiger partial charge is 0.293 e. The van der Waals surface area contributed by atoms with Gasteiger partial charge in [0.25, 0.3) is 5.91 Å². The minimum Gasteiger partial charge on any atom is -0.327 e. The van der Waals surface area contributed by atoms with Crippen LogP contribution in [0.25, 0.3) is 0 Å². The Hall–Kier alpha value is -2.25. The Morgan fingerprint density at radius 2 is 2.35 bits per heavy atom. The topological polar surface area (TPSA) is 92.6 Å². The molecule has 1 aliphatic rings. The molecule has 0 radical (unpaired) electrons. The number of hydrogen-bond acceptors (Lipinski definition) is 5. The van der Waals surface area contributed by atoms with Gasteiger partial charge in [0, 0.05) is 13.1 Å². The molecule has 3 heterocycles. The molecular formula is C9H11N7O. The lowest BCUT2D eigenvalue weighted by atomic mass is 10.3. The van der Waals surface area contributed by atoms with Crippen LogP contribution in [0.3, 0.4) is 0 Å². The van der Waals surface area contributed by atoms with Gasteiger partial charge in [0.1, 0.15) is 12.2 Å². The van der Waals surface area contributed by atoms with E-state index in [-0.39, 0.29) is 11.7 Å². The molecule has 17 heavy (non-hydrogen) atoms. The first-order valence-electron chi connectivity index (χ1n) is 5.29. The minimum absolute atomic E-state index is 0.177. The van der Waals surface area contributed by atoms with Gasteiger partial charge in [0.05, 0.1) is 6.54 Å². The molecule has 8 nitrogen and oxygen atoms in total. The third kappa shape index (κ3) is 1.67. The van der Waals surface area contributed by atoms with Crippen LogP contribution in [-0.2, 0) is 13.1 Å². The average Bonchev–Trinajstić information content (AvgIpc) is 2.95. The molecule has 0 spiro atoms. The molecule has 1 N–H and O–H groups in total. The second-order valence-electron chi connectivity index (χ2n) is 3.91. The molecule has 0 fully saturated rings. The van der Waals surface area contributed by atoms with Crippen molar-refractivity contribution in [2.45, 2.75) is 20.0 Å². The van der Waals surface area contributed by atoms with E-state index in [0.717, 1.165) is 5.82 Å². The van der Waals surface area contributed by atoms with Crippen molar-refractivity contribution in [3.63, 3.8) is 0 Å². The Kier molecular flexibility index (Phi) is 2.13. The fraction of sp³-hybridized carbons (Fsp3) is 0.444. The maximum atomic E-state index is 12.1. The molecule has 3 rings (SSSR count). The number of nitrogens with one attached hydrogen (secondary N) is 1. The van der Waals surface area contributed by atoms with E-state index in [2.05, 4.69) is 25.4 Å². The first-order valence-corrected chi connectivity index (χ1v) is 5.29. The normalized spacial score (nSPS) is 14.8. The highest BCUT2D eigenvalue weighted by molar-refractivity contribution is 5.90. The maximum absolute atomic E-state index is 12.1. The van der Waals surface area contributed by atoms with Gasteiger partial charge in [-0.3, -0.25) is 9.89 Å². The van der Waals surface area contributed by atoms with Gasteiger partial charge in [-0.15, -0.1) is 15.3 Å². The number of carbonyl (C=O) groups is 1. The molecule has 2 aromatic heterocycles. The summed E-state index contributed by atoms with van der Waals surface area (Å²) in [6.45, 7) is 3.54. The highest BCUT2D eigenvalue weighted by atomic mass is 16.2. The largest absolute Gasteiger partial charge is 0.327 e. The summed E-state index contributed by atoms with van der Waals surface area (Å²) in [4.78, 5) is 17.8. The predicted octanol–water partition coefficient (Wildman–Crippen LogP) is -0.639. The monoisotopic (exact) mass is 233 g/mol. The molecule has 0 saturated carbocycles. The first-order chi connectivity index (χ1) is 8.24. The minimum atomic E-state index is -0.177. The number of rotatable bonds is 1. The highest BCUT2D eigenvalue weighted by Crippen LogP contribution is 2.11. The van der Waals surface area contributed by atoms with Crippen LogP contribution in [0.1, 0.15) is 22.3 Å². The number of nitrogens with zero attached hydrogens (tertiary/aromatic N) is 6. The van der Waals surface area contributed by atoms with Crippen molar-refractivity contribution >= 4 is 5.91 Å². The van der Waals surface area contributed by atoms with Crippen molar-refractivity contribution in [3.8, 4) is 0 Å². The molecule has 0 aromatic carbocycles. The molecule has 88 valence electrons. The van der Waals surface area contributed by atoms with Gasteiger partial charge in [-0.05, 0) is 6.92 Å². The highest BCUT2D eigenvalue weighted by Gasteiger charge is 2.25. The van der Waals surface area contributed by atoms with E-state index in [1.54, 1.807) is 18.2 Å². The van der Waals surface area contributed by atoms with Crippen LogP contribution < -0.4 is 0 Å². The maximum Gasteiger partial charge on any atom is 0.293 e. The van der Waals surface area contributed by atoms with Crippen molar-refractivity contribution in [2.24, 2.45) is 0 Å². The Labute approximate surface area is 96.7 Å². The molecule has 0 bridgehead atoms.